The van der Waals surface area contributed by atoms with E-state index >= 15 is 0 Å². The van der Waals surface area contributed by atoms with Gasteiger partial charge < -0.3 is 9.90 Å². The van der Waals surface area contributed by atoms with Crippen LogP contribution in [-0.2, 0) is 4.79 Å². The van der Waals surface area contributed by atoms with Crippen molar-refractivity contribution in [2.45, 2.75) is 44.6 Å². The molecule has 2 fully saturated rings. The fourth-order valence-corrected chi connectivity index (χ4v) is 4.06. The lowest BCUT2D eigenvalue weighted by Crippen LogP contribution is -2.48. The summed E-state index contributed by atoms with van der Waals surface area (Å²) in [5, 5.41) is 11.0. The molecule has 0 aliphatic heterocycles. The van der Waals surface area contributed by atoms with Gasteiger partial charge in [-0.05, 0) is 37.7 Å². The Bertz CT molecular complexity index is 534. The van der Waals surface area contributed by atoms with Crippen molar-refractivity contribution in [1.82, 2.24) is 0 Å². The van der Waals surface area contributed by atoms with E-state index in [1.807, 2.05) is 18.2 Å². The average Bonchev–Trinajstić information content (AvgIpc) is 2.71. The second-order valence-corrected chi connectivity index (χ2v) is 6.62. The minimum Gasteiger partial charge on any atom is -0.389 e. The largest absolute Gasteiger partial charge is 0.389 e. The van der Waals surface area contributed by atoms with Gasteiger partial charge in [-0.3, -0.25) is 0 Å². The van der Waals surface area contributed by atoms with Gasteiger partial charge in [-0.1, -0.05) is 48.9 Å². The molecule has 3 atom stereocenters. The maximum atomic E-state index is 11.3. The van der Waals surface area contributed by atoms with E-state index in [1.165, 1.54) is 11.1 Å². The first-order valence-electron chi connectivity index (χ1n) is 7.50. The lowest BCUT2D eigenvalue weighted by molar-refractivity contribution is -0.123. The van der Waals surface area contributed by atoms with Gasteiger partial charge in [0.1, 0.15) is 6.29 Å². The number of aliphatic hydroxyl groups is 1. The van der Waals surface area contributed by atoms with Crippen LogP contribution in [-0.4, -0.2) is 17.0 Å². The Morgan fingerprint density at radius 3 is 2.70 bits per heavy atom. The minimum atomic E-state index is -0.697. The molecule has 2 aliphatic carbocycles. The third-order valence-corrected chi connectivity index (χ3v) is 5.57. The summed E-state index contributed by atoms with van der Waals surface area (Å²) in [5.41, 5.74) is 1.57. The van der Waals surface area contributed by atoms with Crippen LogP contribution < -0.4 is 0 Å². The molecule has 2 nitrogen and oxygen atoms in total. The van der Waals surface area contributed by atoms with Crippen LogP contribution in [0.4, 0.5) is 0 Å². The molecule has 0 aromatic heterocycles. The first kappa shape index (κ1) is 13.6. The molecule has 2 aliphatic rings. The van der Waals surface area contributed by atoms with Crippen LogP contribution in [0, 0.1) is 11.3 Å². The predicted octanol–water partition coefficient (Wildman–Crippen LogP) is 3.60. The highest BCUT2D eigenvalue weighted by Crippen LogP contribution is 2.58. The van der Waals surface area contributed by atoms with Gasteiger partial charge in [0.05, 0.1) is 5.60 Å². The van der Waals surface area contributed by atoms with Gasteiger partial charge in [0.2, 0.25) is 0 Å². The Hall–Kier alpha value is -1.41. The first-order valence-corrected chi connectivity index (χ1v) is 7.50. The van der Waals surface area contributed by atoms with Crippen molar-refractivity contribution >= 4 is 12.4 Å². The van der Waals surface area contributed by atoms with Crippen LogP contribution in [0.3, 0.4) is 0 Å². The first-order chi connectivity index (χ1) is 9.57. The highest BCUT2D eigenvalue weighted by atomic mass is 16.3. The topological polar surface area (TPSA) is 37.3 Å². The minimum absolute atomic E-state index is 0.0192. The molecule has 20 heavy (non-hydrogen) atoms. The molecule has 3 rings (SSSR count). The van der Waals surface area contributed by atoms with Crippen molar-refractivity contribution < 1.29 is 9.90 Å². The lowest BCUT2D eigenvalue weighted by Gasteiger charge is -2.46. The summed E-state index contributed by atoms with van der Waals surface area (Å²) in [6, 6.07) is 10.3. The van der Waals surface area contributed by atoms with E-state index in [0.29, 0.717) is 6.42 Å². The third kappa shape index (κ3) is 2.03. The monoisotopic (exact) mass is 270 g/mol. The molecule has 106 valence electrons. The normalized spacial score (nSPS) is 38.7. The molecular weight excluding hydrogens is 248 g/mol. The van der Waals surface area contributed by atoms with Gasteiger partial charge >= 0.3 is 0 Å². The quantitative estimate of drug-likeness (QED) is 0.834. The summed E-state index contributed by atoms with van der Waals surface area (Å²) in [4.78, 5) is 11.3. The summed E-state index contributed by atoms with van der Waals surface area (Å²) in [6.07, 6.45) is 7.44. The zero-order chi connectivity index (χ0) is 14.2. The molecule has 0 saturated heterocycles. The zero-order valence-corrected chi connectivity index (χ0v) is 12.0. The number of aldehydes is 1. The van der Waals surface area contributed by atoms with Gasteiger partial charge in [-0.2, -0.15) is 0 Å². The molecule has 1 aromatic carbocycles. The number of benzene rings is 1. The smallest absolute Gasteiger partial charge is 0.123 e. The summed E-state index contributed by atoms with van der Waals surface area (Å²) in [5.74, 6) is 0.0192. The summed E-state index contributed by atoms with van der Waals surface area (Å²) >= 11 is 0. The van der Waals surface area contributed by atoms with Gasteiger partial charge in [0.25, 0.3) is 0 Å². The van der Waals surface area contributed by atoms with Gasteiger partial charge in [0, 0.05) is 11.3 Å². The van der Waals surface area contributed by atoms with Crippen LogP contribution >= 0.6 is 0 Å². The van der Waals surface area contributed by atoms with E-state index in [0.717, 1.165) is 32.0 Å². The molecule has 1 N–H and O–H groups in total. The maximum absolute atomic E-state index is 11.3. The van der Waals surface area contributed by atoms with Crippen LogP contribution in [0.15, 0.2) is 35.9 Å². The Morgan fingerprint density at radius 2 is 2.00 bits per heavy atom. The van der Waals surface area contributed by atoms with E-state index in [-0.39, 0.29) is 11.3 Å². The van der Waals surface area contributed by atoms with Crippen LogP contribution in [0.1, 0.15) is 44.6 Å². The summed E-state index contributed by atoms with van der Waals surface area (Å²) in [7, 11) is 0. The standard InChI is InChI=1S/C18H22O2/c1-17-9-7-15(11-14-5-3-2-4-6-14)12-18(17,20)10-8-16(17)13-19/h2-6,11,13,16,20H,7-10,12H2,1H3/b15-11-/t16-,17-,18+/m1/s1. The Balaban J connectivity index is 1.86. The fourth-order valence-electron chi connectivity index (χ4n) is 4.06. The van der Waals surface area contributed by atoms with E-state index in [1.54, 1.807) is 0 Å². The highest BCUT2D eigenvalue weighted by molar-refractivity contribution is 5.58. The zero-order valence-electron chi connectivity index (χ0n) is 12.0. The van der Waals surface area contributed by atoms with E-state index in [9.17, 15) is 9.90 Å². The van der Waals surface area contributed by atoms with Gasteiger partial charge in [-0.25, -0.2) is 0 Å². The van der Waals surface area contributed by atoms with Crippen LogP contribution in [0.2, 0.25) is 0 Å². The predicted molar refractivity (Wildman–Crippen MR) is 80.1 cm³/mol. The number of fused-ring (bicyclic) bond motifs is 1. The number of hydrogen-bond acceptors (Lipinski definition) is 2. The number of hydrogen-bond donors (Lipinski definition) is 1. The van der Waals surface area contributed by atoms with E-state index < -0.39 is 5.60 Å². The number of carbonyl (C=O) groups is 1. The lowest BCUT2D eigenvalue weighted by atomic mass is 9.61. The van der Waals surface area contributed by atoms with Crippen molar-refractivity contribution in [1.29, 1.82) is 0 Å². The average molecular weight is 270 g/mol. The molecule has 0 bridgehead atoms. The molecule has 0 amide bonds. The SMILES string of the molecule is C[C@]12CC/C(=C/c3ccccc3)C[C@@]1(O)CC[C@@H]2C=O. The maximum Gasteiger partial charge on any atom is 0.123 e. The molecule has 0 spiro atoms. The summed E-state index contributed by atoms with van der Waals surface area (Å²) < 4.78 is 0. The number of carbonyl (C=O) groups excluding carboxylic acids is 1. The molecule has 0 heterocycles. The molecule has 0 radical (unpaired) electrons. The number of rotatable bonds is 2. The molecule has 2 heteroatoms. The Kier molecular flexibility index (Phi) is 3.29. The van der Waals surface area contributed by atoms with Crippen molar-refractivity contribution in [2.75, 3.05) is 0 Å². The Labute approximate surface area is 120 Å². The molecule has 2 saturated carbocycles. The van der Waals surface area contributed by atoms with Gasteiger partial charge in [0.15, 0.2) is 0 Å². The van der Waals surface area contributed by atoms with Crippen molar-refractivity contribution in [3.63, 3.8) is 0 Å². The molecule has 1 aromatic rings. The molecule has 0 unspecified atom stereocenters. The highest BCUT2D eigenvalue weighted by Gasteiger charge is 2.57. The second kappa shape index (κ2) is 4.85. The van der Waals surface area contributed by atoms with Crippen molar-refractivity contribution in [2.24, 2.45) is 11.3 Å². The van der Waals surface area contributed by atoms with Crippen molar-refractivity contribution in [3.05, 3.63) is 41.5 Å². The van der Waals surface area contributed by atoms with Crippen LogP contribution in [0.25, 0.3) is 6.08 Å². The van der Waals surface area contributed by atoms with Crippen molar-refractivity contribution in [3.8, 4) is 0 Å². The fraction of sp³-hybridized carbons (Fsp3) is 0.500. The molecular formula is C18H22O2. The van der Waals surface area contributed by atoms with E-state index in [2.05, 4.69) is 25.1 Å². The third-order valence-electron chi connectivity index (χ3n) is 5.57. The second-order valence-electron chi connectivity index (χ2n) is 6.62. The summed E-state index contributed by atoms with van der Waals surface area (Å²) in [6.45, 7) is 2.10. The van der Waals surface area contributed by atoms with Gasteiger partial charge in [-0.15, -0.1) is 0 Å². The van der Waals surface area contributed by atoms with E-state index in [4.69, 9.17) is 0 Å². The van der Waals surface area contributed by atoms with Crippen LogP contribution in [0.5, 0.6) is 0 Å². The Morgan fingerprint density at radius 1 is 1.25 bits per heavy atom.